The van der Waals surface area contributed by atoms with Crippen LogP contribution in [0.3, 0.4) is 0 Å². The van der Waals surface area contributed by atoms with Crippen molar-refractivity contribution in [2.75, 3.05) is 26.7 Å². The summed E-state index contributed by atoms with van der Waals surface area (Å²) in [6.07, 6.45) is 5.77. The lowest BCUT2D eigenvalue weighted by atomic mass is 10.0. The van der Waals surface area contributed by atoms with Crippen LogP contribution >= 0.6 is 11.3 Å². The minimum absolute atomic E-state index is 0.252. The molecule has 22 heavy (non-hydrogen) atoms. The van der Waals surface area contributed by atoms with E-state index in [2.05, 4.69) is 22.9 Å². The minimum Gasteiger partial charge on any atom is -0.376 e. The number of fused-ring (bicyclic) bond motifs is 1. The quantitative estimate of drug-likeness (QED) is 0.839. The SMILES string of the molecule is CN1CCC[C@H]1[C@H]1CCCN1C(=O)c1cc2c(s1)CCOC2. The van der Waals surface area contributed by atoms with Crippen LogP contribution in [0.15, 0.2) is 6.07 Å². The number of carbonyl (C=O) groups excluding carboxylic acids is 1. The molecule has 1 aromatic rings. The number of likely N-dealkylation sites (N-methyl/N-ethyl adjacent to an activating group) is 1. The van der Waals surface area contributed by atoms with Gasteiger partial charge in [0.25, 0.3) is 5.91 Å². The van der Waals surface area contributed by atoms with E-state index in [0.29, 0.717) is 18.7 Å². The Balaban J connectivity index is 1.55. The lowest BCUT2D eigenvalue weighted by Gasteiger charge is -2.33. The maximum atomic E-state index is 13.0. The standard InChI is InChI=1S/C17H24N2O2S/c1-18-7-2-4-13(18)14-5-3-8-19(14)17(20)16-10-12-11-21-9-6-15(12)22-16/h10,13-14H,2-9,11H2,1H3/t13-,14+/m0/s1. The number of hydrogen-bond donors (Lipinski definition) is 0. The third-order valence-corrected chi connectivity index (χ3v) is 6.64. The fraction of sp³-hybridized carbons (Fsp3) is 0.706. The summed E-state index contributed by atoms with van der Waals surface area (Å²) < 4.78 is 5.51. The Morgan fingerprint density at radius 2 is 2.09 bits per heavy atom. The summed E-state index contributed by atoms with van der Waals surface area (Å²) in [7, 11) is 2.21. The molecule has 2 atom stereocenters. The average molecular weight is 320 g/mol. The average Bonchev–Trinajstić information content (AvgIpc) is 3.24. The summed E-state index contributed by atoms with van der Waals surface area (Å²) in [6.45, 7) is 3.56. The largest absolute Gasteiger partial charge is 0.376 e. The molecule has 0 bridgehead atoms. The number of nitrogens with zero attached hydrogens (tertiary/aromatic N) is 2. The molecule has 4 nitrogen and oxygen atoms in total. The highest BCUT2D eigenvalue weighted by molar-refractivity contribution is 7.14. The zero-order valence-electron chi connectivity index (χ0n) is 13.2. The molecule has 1 aromatic heterocycles. The minimum atomic E-state index is 0.252. The molecule has 0 unspecified atom stereocenters. The van der Waals surface area contributed by atoms with Gasteiger partial charge in [-0.25, -0.2) is 0 Å². The van der Waals surface area contributed by atoms with Gasteiger partial charge in [-0.05, 0) is 50.9 Å². The number of thiophene rings is 1. The number of amides is 1. The second-order valence-corrected chi connectivity index (χ2v) is 7.90. The van der Waals surface area contributed by atoms with Gasteiger partial charge in [0.2, 0.25) is 0 Å². The summed E-state index contributed by atoms with van der Waals surface area (Å²) in [5.74, 6) is 0.252. The van der Waals surface area contributed by atoms with Gasteiger partial charge in [-0.15, -0.1) is 11.3 Å². The number of likely N-dealkylation sites (tertiary alicyclic amines) is 2. The predicted octanol–water partition coefficient (Wildman–Crippen LogP) is 2.52. The van der Waals surface area contributed by atoms with E-state index in [1.54, 1.807) is 11.3 Å². The lowest BCUT2D eigenvalue weighted by Crippen LogP contribution is -2.46. The monoisotopic (exact) mass is 320 g/mol. The Morgan fingerprint density at radius 1 is 1.27 bits per heavy atom. The molecule has 1 amide bonds. The third-order valence-electron chi connectivity index (χ3n) is 5.42. The summed E-state index contributed by atoms with van der Waals surface area (Å²) in [5, 5.41) is 0. The Labute approximate surface area is 136 Å². The number of carbonyl (C=O) groups is 1. The molecule has 0 radical (unpaired) electrons. The normalized spacial score (nSPS) is 29.0. The zero-order valence-corrected chi connectivity index (χ0v) is 14.0. The first kappa shape index (κ1) is 14.7. The molecule has 3 aliphatic heterocycles. The van der Waals surface area contributed by atoms with Gasteiger partial charge in [-0.2, -0.15) is 0 Å². The number of hydrogen-bond acceptors (Lipinski definition) is 4. The van der Waals surface area contributed by atoms with E-state index >= 15 is 0 Å². The van der Waals surface area contributed by atoms with Crippen LogP contribution in [-0.4, -0.2) is 54.5 Å². The smallest absolute Gasteiger partial charge is 0.264 e. The van der Waals surface area contributed by atoms with E-state index in [1.165, 1.54) is 29.8 Å². The molecular weight excluding hydrogens is 296 g/mol. The molecular formula is C17H24N2O2S. The van der Waals surface area contributed by atoms with Crippen molar-refractivity contribution in [3.8, 4) is 0 Å². The van der Waals surface area contributed by atoms with E-state index in [4.69, 9.17) is 4.74 Å². The molecule has 0 aliphatic carbocycles. The molecule has 2 fully saturated rings. The molecule has 4 heterocycles. The van der Waals surface area contributed by atoms with Gasteiger partial charge in [0, 0.05) is 29.9 Å². The second-order valence-electron chi connectivity index (χ2n) is 6.76. The fourth-order valence-electron chi connectivity index (χ4n) is 4.26. The van der Waals surface area contributed by atoms with Crippen molar-refractivity contribution in [1.82, 2.24) is 9.80 Å². The van der Waals surface area contributed by atoms with Crippen LogP contribution in [0.5, 0.6) is 0 Å². The highest BCUT2D eigenvalue weighted by Crippen LogP contribution is 2.33. The first-order valence-electron chi connectivity index (χ1n) is 8.44. The van der Waals surface area contributed by atoms with Crippen molar-refractivity contribution in [1.29, 1.82) is 0 Å². The van der Waals surface area contributed by atoms with Crippen LogP contribution in [0.25, 0.3) is 0 Å². The zero-order chi connectivity index (χ0) is 15.1. The fourth-order valence-corrected chi connectivity index (χ4v) is 5.37. The van der Waals surface area contributed by atoms with Crippen molar-refractivity contribution in [2.45, 2.75) is 50.8 Å². The third kappa shape index (κ3) is 2.49. The van der Waals surface area contributed by atoms with Crippen LogP contribution in [-0.2, 0) is 17.8 Å². The summed E-state index contributed by atoms with van der Waals surface area (Å²) in [5.41, 5.74) is 1.23. The first-order chi connectivity index (χ1) is 10.7. The van der Waals surface area contributed by atoms with Gasteiger partial charge in [-0.1, -0.05) is 0 Å². The van der Waals surface area contributed by atoms with Gasteiger partial charge < -0.3 is 14.5 Å². The lowest BCUT2D eigenvalue weighted by molar-refractivity contribution is 0.0669. The Kier molecular flexibility index (Phi) is 3.96. The summed E-state index contributed by atoms with van der Waals surface area (Å²) in [4.78, 5) is 19.9. The topological polar surface area (TPSA) is 32.8 Å². The summed E-state index contributed by atoms with van der Waals surface area (Å²) in [6, 6.07) is 3.05. The Hall–Kier alpha value is -0.910. The Morgan fingerprint density at radius 3 is 2.86 bits per heavy atom. The van der Waals surface area contributed by atoms with Crippen LogP contribution in [0, 0.1) is 0 Å². The summed E-state index contributed by atoms with van der Waals surface area (Å²) >= 11 is 1.69. The van der Waals surface area contributed by atoms with E-state index in [9.17, 15) is 4.79 Å². The van der Waals surface area contributed by atoms with Crippen LogP contribution < -0.4 is 0 Å². The second kappa shape index (κ2) is 5.95. The molecule has 0 spiro atoms. The van der Waals surface area contributed by atoms with Crippen molar-refractivity contribution in [3.63, 3.8) is 0 Å². The van der Waals surface area contributed by atoms with E-state index in [-0.39, 0.29) is 5.91 Å². The molecule has 3 aliphatic rings. The van der Waals surface area contributed by atoms with Crippen molar-refractivity contribution in [3.05, 3.63) is 21.4 Å². The van der Waals surface area contributed by atoms with Gasteiger partial charge in [0.1, 0.15) is 0 Å². The van der Waals surface area contributed by atoms with Gasteiger partial charge in [0.05, 0.1) is 18.1 Å². The van der Waals surface area contributed by atoms with E-state index < -0.39 is 0 Å². The molecule has 0 saturated carbocycles. The molecule has 4 rings (SSSR count). The van der Waals surface area contributed by atoms with Gasteiger partial charge in [-0.3, -0.25) is 4.79 Å². The highest BCUT2D eigenvalue weighted by Gasteiger charge is 2.39. The number of ether oxygens (including phenoxy) is 1. The molecule has 0 aromatic carbocycles. The van der Waals surface area contributed by atoms with Crippen LogP contribution in [0.4, 0.5) is 0 Å². The van der Waals surface area contributed by atoms with Crippen molar-refractivity contribution >= 4 is 17.2 Å². The van der Waals surface area contributed by atoms with E-state index in [0.717, 1.165) is 37.3 Å². The van der Waals surface area contributed by atoms with Crippen LogP contribution in [0.2, 0.25) is 0 Å². The van der Waals surface area contributed by atoms with Crippen molar-refractivity contribution < 1.29 is 9.53 Å². The maximum absolute atomic E-state index is 13.0. The molecule has 120 valence electrons. The first-order valence-corrected chi connectivity index (χ1v) is 9.26. The highest BCUT2D eigenvalue weighted by atomic mass is 32.1. The maximum Gasteiger partial charge on any atom is 0.264 e. The molecule has 5 heteroatoms. The Bertz CT molecular complexity index is 548. The van der Waals surface area contributed by atoms with E-state index in [1.807, 2.05) is 0 Å². The molecule has 0 N–H and O–H groups in total. The van der Waals surface area contributed by atoms with Gasteiger partial charge in [0.15, 0.2) is 0 Å². The molecule has 2 saturated heterocycles. The van der Waals surface area contributed by atoms with Crippen molar-refractivity contribution in [2.24, 2.45) is 0 Å². The number of rotatable bonds is 2. The van der Waals surface area contributed by atoms with Gasteiger partial charge >= 0.3 is 0 Å². The van der Waals surface area contributed by atoms with Crippen LogP contribution in [0.1, 0.15) is 45.8 Å². The predicted molar refractivity (Wildman–Crippen MR) is 87.4 cm³/mol.